The first-order valence-corrected chi connectivity index (χ1v) is 5.13. The van der Waals surface area contributed by atoms with Crippen LogP contribution in [0.2, 0.25) is 0 Å². The summed E-state index contributed by atoms with van der Waals surface area (Å²) >= 11 is 0. The number of hydrogen-bond acceptors (Lipinski definition) is 2. The van der Waals surface area contributed by atoms with E-state index in [-0.39, 0.29) is 0 Å². The van der Waals surface area contributed by atoms with E-state index in [1.165, 1.54) is 32.5 Å². The Balaban J connectivity index is 1.77. The van der Waals surface area contributed by atoms with Crippen LogP contribution in [0.15, 0.2) is 0 Å². The number of hydrogen-bond donors (Lipinski definition) is 0. The first-order chi connectivity index (χ1) is 6.40. The van der Waals surface area contributed by atoms with Gasteiger partial charge in [-0.25, -0.2) is 0 Å². The molecule has 0 saturated carbocycles. The largest absolute Gasteiger partial charge is 0.368 e. The van der Waals surface area contributed by atoms with Crippen LogP contribution in [0.25, 0.3) is 0 Å². The van der Waals surface area contributed by atoms with Crippen LogP contribution in [0.1, 0.15) is 12.8 Å². The zero-order valence-corrected chi connectivity index (χ0v) is 8.04. The van der Waals surface area contributed by atoms with Crippen molar-refractivity contribution in [3.63, 3.8) is 0 Å². The maximum absolute atomic E-state index is 5.41. The van der Waals surface area contributed by atoms with Gasteiger partial charge in [-0.3, -0.25) is 0 Å². The zero-order valence-electron chi connectivity index (χ0n) is 8.04. The van der Waals surface area contributed by atoms with Gasteiger partial charge in [0.05, 0.1) is 6.61 Å². The first kappa shape index (κ1) is 9.05. The van der Waals surface area contributed by atoms with Crippen LogP contribution in [0.3, 0.4) is 0 Å². The molecule has 13 heavy (non-hydrogen) atoms. The minimum absolute atomic E-state index is 0.475. The number of rotatable bonds is 3. The Kier molecular flexibility index (Phi) is 2.87. The Morgan fingerprint density at radius 1 is 1.38 bits per heavy atom. The van der Waals surface area contributed by atoms with Crippen molar-refractivity contribution < 1.29 is 4.74 Å². The second-order valence-corrected chi connectivity index (χ2v) is 4.12. The molecule has 3 rings (SSSR count). The van der Waals surface area contributed by atoms with Crippen molar-refractivity contribution in [2.75, 3.05) is 32.8 Å². The molecule has 1 atom stereocenters. The lowest BCUT2D eigenvalue weighted by molar-refractivity contribution is 0.000283. The smallest absolute Gasteiger partial charge is 0.107 e. The van der Waals surface area contributed by atoms with Gasteiger partial charge in [-0.1, -0.05) is 5.92 Å². The van der Waals surface area contributed by atoms with Gasteiger partial charge in [0.25, 0.3) is 0 Å². The summed E-state index contributed by atoms with van der Waals surface area (Å²) in [5.41, 5.74) is 0. The summed E-state index contributed by atoms with van der Waals surface area (Å²) < 4.78 is 5.41. The number of nitrogens with zero attached hydrogens (tertiary/aromatic N) is 1. The second-order valence-electron chi connectivity index (χ2n) is 4.12. The third-order valence-corrected chi connectivity index (χ3v) is 3.31. The Labute approximate surface area is 80.2 Å². The summed E-state index contributed by atoms with van der Waals surface area (Å²) in [7, 11) is 0. The van der Waals surface area contributed by atoms with Gasteiger partial charge in [0.15, 0.2) is 0 Å². The van der Waals surface area contributed by atoms with Gasteiger partial charge >= 0.3 is 0 Å². The molecule has 3 saturated heterocycles. The summed E-state index contributed by atoms with van der Waals surface area (Å²) in [6.07, 6.45) is 7.86. The predicted molar refractivity (Wildman–Crippen MR) is 52.3 cm³/mol. The van der Waals surface area contributed by atoms with Crippen molar-refractivity contribution >= 4 is 0 Å². The van der Waals surface area contributed by atoms with Crippen molar-refractivity contribution in [1.29, 1.82) is 0 Å². The van der Waals surface area contributed by atoms with Crippen molar-refractivity contribution in [3.8, 4) is 12.3 Å². The lowest BCUT2D eigenvalue weighted by Crippen LogP contribution is -2.48. The molecule has 0 spiro atoms. The van der Waals surface area contributed by atoms with Crippen molar-refractivity contribution in [1.82, 2.24) is 4.90 Å². The molecule has 72 valence electrons. The fraction of sp³-hybridized carbons (Fsp3) is 0.818. The molecule has 0 radical (unpaired) electrons. The van der Waals surface area contributed by atoms with E-state index >= 15 is 0 Å². The van der Waals surface area contributed by atoms with Gasteiger partial charge < -0.3 is 9.64 Å². The van der Waals surface area contributed by atoms with E-state index in [1.54, 1.807) is 0 Å². The van der Waals surface area contributed by atoms with E-state index in [9.17, 15) is 0 Å². The van der Waals surface area contributed by atoms with Gasteiger partial charge in [0, 0.05) is 6.54 Å². The van der Waals surface area contributed by atoms with E-state index in [0.29, 0.717) is 6.61 Å². The normalized spacial score (nSPS) is 37.3. The maximum atomic E-state index is 5.41. The summed E-state index contributed by atoms with van der Waals surface area (Å²) in [5.74, 6) is 4.17. The summed E-state index contributed by atoms with van der Waals surface area (Å²) in [6, 6.07) is 0. The van der Waals surface area contributed by atoms with E-state index in [0.717, 1.165) is 18.4 Å². The number of ether oxygens (including phenoxy) is 1. The molecule has 2 heteroatoms. The molecule has 0 amide bonds. The molecular weight excluding hydrogens is 162 g/mol. The predicted octanol–water partition coefficient (Wildman–Crippen LogP) is 0.978. The Hall–Kier alpha value is -0.520. The number of fused-ring (bicyclic) bond motifs is 3. The molecular formula is C11H17NO. The van der Waals surface area contributed by atoms with Crippen LogP contribution in [-0.4, -0.2) is 37.7 Å². The van der Waals surface area contributed by atoms with Crippen LogP contribution < -0.4 is 0 Å². The Bertz CT molecular complexity index is 201. The van der Waals surface area contributed by atoms with Gasteiger partial charge in [0.2, 0.25) is 0 Å². The number of terminal acetylenes is 1. The van der Waals surface area contributed by atoms with E-state index in [1.807, 2.05) is 0 Å². The highest BCUT2D eigenvalue weighted by Gasteiger charge is 2.33. The summed E-state index contributed by atoms with van der Waals surface area (Å²) in [6.45, 7) is 5.18. The quantitative estimate of drug-likeness (QED) is 0.473. The van der Waals surface area contributed by atoms with Gasteiger partial charge in [-0.2, -0.15) is 0 Å². The van der Waals surface area contributed by atoms with Crippen molar-refractivity contribution in [3.05, 3.63) is 0 Å². The SMILES string of the molecule is C#CCOCC1CN2CCC1CC2. The van der Waals surface area contributed by atoms with Crippen LogP contribution >= 0.6 is 0 Å². The molecule has 3 fully saturated rings. The van der Waals surface area contributed by atoms with E-state index in [4.69, 9.17) is 11.2 Å². The van der Waals surface area contributed by atoms with Crippen LogP contribution in [0, 0.1) is 24.2 Å². The van der Waals surface area contributed by atoms with E-state index in [2.05, 4.69) is 10.8 Å². The minimum Gasteiger partial charge on any atom is -0.368 e. The summed E-state index contributed by atoms with van der Waals surface area (Å²) in [5, 5.41) is 0. The van der Waals surface area contributed by atoms with Crippen LogP contribution in [0.5, 0.6) is 0 Å². The molecule has 0 aromatic carbocycles. The molecule has 1 unspecified atom stereocenters. The third-order valence-electron chi connectivity index (χ3n) is 3.31. The van der Waals surface area contributed by atoms with Crippen LogP contribution in [0.4, 0.5) is 0 Å². The molecule has 3 heterocycles. The van der Waals surface area contributed by atoms with Gasteiger partial charge in [-0.05, 0) is 37.8 Å². The molecule has 2 bridgehead atoms. The lowest BCUT2D eigenvalue weighted by Gasteiger charge is -2.44. The molecule has 3 aliphatic heterocycles. The average Bonchev–Trinajstić information content (AvgIpc) is 2.20. The fourth-order valence-corrected chi connectivity index (χ4v) is 2.55. The fourth-order valence-electron chi connectivity index (χ4n) is 2.55. The first-order valence-electron chi connectivity index (χ1n) is 5.13. The van der Waals surface area contributed by atoms with Gasteiger partial charge in [0.1, 0.15) is 6.61 Å². The van der Waals surface area contributed by atoms with E-state index < -0.39 is 0 Å². The molecule has 3 aliphatic rings. The van der Waals surface area contributed by atoms with Crippen molar-refractivity contribution in [2.24, 2.45) is 11.8 Å². The zero-order chi connectivity index (χ0) is 9.10. The molecule has 0 aliphatic carbocycles. The minimum atomic E-state index is 0.475. The molecule has 2 nitrogen and oxygen atoms in total. The highest BCUT2D eigenvalue weighted by Crippen LogP contribution is 2.32. The number of piperidine rings is 3. The Morgan fingerprint density at radius 2 is 2.15 bits per heavy atom. The molecule has 0 N–H and O–H groups in total. The second kappa shape index (κ2) is 4.13. The maximum Gasteiger partial charge on any atom is 0.107 e. The topological polar surface area (TPSA) is 12.5 Å². The highest BCUT2D eigenvalue weighted by molar-refractivity contribution is 4.87. The highest BCUT2D eigenvalue weighted by atomic mass is 16.5. The molecule has 0 aromatic rings. The van der Waals surface area contributed by atoms with Crippen molar-refractivity contribution in [2.45, 2.75) is 12.8 Å². The third kappa shape index (κ3) is 2.04. The van der Waals surface area contributed by atoms with Crippen LogP contribution in [-0.2, 0) is 4.74 Å². The Morgan fingerprint density at radius 3 is 2.69 bits per heavy atom. The lowest BCUT2D eigenvalue weighted by atomic mass is 9.79. The van der Waals surface area contributed by atoms with Gasteiger partial charge in [-0.15, -0.1) is 6.42 Å². The standard InChI is InChI=1S/C11H17NO/c1-2-7-13-9-11-8-12-5-3-10(11)4-6-12/h1,10-11H,3-9H2. The average molecular weight is 179 g/mol. The monoisotopic (exact) mass is 179 g/mol. The molecule has 0 aromatic heterocycles. The summed E-state index contributed by atoms with van der Waals surface area (Å²) in [4.78, 5) is 2.55.